The molecule has 6 nitrogen and oxygen atoms in total. The third-order valence-corrected chi connectivity index (χ3v) is 4.13. The number of rotatable bonds is 4. The third-order valence-electron chi connectivity index (χ3n) is 4.13. The molecule has 0 spiro atoms. The molecule has 0 unspecified atom stereocenters. The minimum Gasteiger partial charge on any atom is -0.497 e. The highest BCUT2D eigenvalue weighted by atomic mass is 16.5. The molecule has 126 valence electrons. The highest BCUT2D eigenvalue weighted by Crippen LogP contribution is 2.28. The molecule has 1 aliphatic rings. The van der Waals surface area contributed by atoms with Gasteiger partial charge in [-0.1, -0.05) is 0 Å². The maximum Gasteiger partial charge on any atom is 0.222 e. The monoisotopic (exact) mass is 327 g/mol. The largest absolute Gasteiger partial charge is 0.497 e. The van der Waals surface area contributed by atoms with E-state index in [9.17, 15) is 4.79 Å². The van der Waals surface area contributed by atoms with Gasteiger partial charge in [0.25, 0.3) is 0 Å². The first-order valence-corrected chi connectivity index (χ1v) is 7.98. The van der Waals surface area contributed by atoms with Crippen molar-refractivity contribution in [2.75, 3.05) is 20.2 Å². The first kappa shape index (κ1) is 16.2. The Balaban J connectivity index is 1.77. The maximum atomic E-state index is 11.5. The molecular formula is C18H21N3O3. The van der Waals surface area contributed by atoms with Crippen molar-refractivity contribution in [3.05, 3.63) is 41.9 Å². The number of hydrogen-bond acceptors (Lipinski definition) is 5. The van der Waals surface area contributed by atoms with Gasteiger partial charge in [0.1, 0.15) is 17.3 Å². The van der Waals surface area contributed by atoms with Crippen molar-refractivity contribution in [1.82, 2.24) is 14.9 Å². The molecule has 0 radical (unpaired) electrons. The van der Waals surface area contributed by atoms with Crippen molar-refractivity contribution in [3.8, 4) is 17.4 Å². The highest BCUT2D eigenvalue weighted by molar-refractivity contribution is 5.73. The third kappa shape index (κ3) is 3.64. The average molecular weight is 327 g/mol. The lowest BCUT2D eigenvalue weighted by Gasteiger charge is -2.14. The summed E-state index contributed by atoms with van der Waals surface area (Å²) < 4.78 is 11.0. The predicted molar refractivity (Wildman–Crippen MR) is 89.4 cm³/mol. The number of hydrogen-bond donors (Lipinski definition) is 0. The average Bonchev–Trinajstić information content (AvgIpc) is 3.05. The van der Waals surface area contributed by atoms with Crippen LogP contribution in [-0.4, -0.2) is 41.0 Å². The van der Waals surface area contributed by atoms with Crippen LogP contribution in [0, 0.1) is 6.92 Å². The molecule has 1 aromatic carbocycles. The van der Waals surface area contributed by atoms with Gasteiger partial charge in [0.2, 0.25) is 11.8 Å². The smallest absolute Gasteiger partial charge is 0.222 e. The van der Waals surface area contributed by atoms with Gasteiger partial charge in [0, 0.05) is 37.7 Å². The van der Waals surface area contributed by atoms with Crippen molar-refractivity contribution in [2.24, 2.45) is 0 Å². The van der Waals surface area contributed by atoms with Crippen molar-refractivity contribution in [3.63, 3.8) is 0 Å². The molecule has 1 aliphatic heterocycles. The molecule has 0 aliphatic carbocycles. The van der Waals surface area contributed by atoms with E-state index >= 15 is 0 Å². The summed E-state index contributed by atoms with van der Waals surface area (Å²) in [7, 11) is 1.63. The fraction of sp³-hybridized carbons (Fsp3) is 0.389. The van der Waals surface area contributed by atoms with Crippen molar-refractivity contribution >= 4 is 5.91 Å². The summed E-state index contributed by atoms with van der Waals surface area (Å²) in [5, 5.41) is 0. The Labute approximate surface area is 141 Å². The Kier molecular flexibility index (Phi) is 4.64. The molecule has 0 N–H and O–H groups in total. The lowest BCUT2D eigenvalue weighted by molar-refractivity contribution is -0.127. The number of likely N-dealkylation sites (tertiary alicyclic amines) is 1. The molecule has 3 rings (SSSR count). The van der Waals surface area contributed by atoms with Gasteiger partial charge < -0.3 is 14.4 Å². The minimum absolute atomic E-state index is 0.0971. The summed E-state index contributed by atoms with van der Waals surface area (Å²) in [4.78, 5) is 22.4. The van der Waals surface area contributed by atoms with E-state index in [2.05, 4.69) is 9.97 Å². The lowest BCUT2D eigenvalue weighted by atomic mass is 10.1. The van der Waals surface area contributed by atoms with Crippen molar-refractivity contribution < 1.29 is 14.3 Å². The van der Waals surface area contributed by atoms with Gasteiger partial charge in [0.05, 0.1) is 7.11 Å². The molecule has 2 aromatic rings. The molecule has 6 heteroatoms. The van der Waals surface area contributed by atoms with Crippen LogP contribution in [0.2, 0.25) is 0 Å². The van der Waals surface area contributed by atoms with Crippen LogP contribution >= 0.6 is 0 Å². The summed E-state index contributed by atoms with van der Waals surface area (Å²) in [5.41, 5.74) is 0.852. The molecule has 0 saturated carbocycles. The molecule has 1 aromatic heterocycles. The number of methoxy groups -OCH3 is 1. The van der Waals surface area contributed by atoms with Gasteiger partial charge in [0.15, 0.2) is 0 Å². The van der Waals surface area contributed by atoms with Gasteiger partial charge >= 0.3 is 0 Å². The van der Waals surface area contributed by atoms with E-state index in [1.165, 1.54) is 0 Å². The zero-order valence-corrected chi connectivity index (χ0v) is 14.2. The van der Waals surface area contributed by atoms with Gasteiger partial charge in [-0.25, -0.2) is 4.98 Å². The second-order valence-electron chi connectivity index (χ2n) is 5.93. The number of aromatic nitrogens is 2. The topological polar surface area (TPSA) is 64.6 Å². The van der Waals surface area contributed by atoms with Crippen LogP contribution in [0.4, 0.5) is 0 Å². The molecule has 0 bridgehead atoms. The number of aryl methyl sites for hydroxylation is 1. The molecule has 1 amide bonds. The SMILES string of the molecule is COc1ccc(Oc2cc(C)nc([C@H]3CCN(C(C)=O)C3)n2)cc1. The molecule has 1 atom stereocenters. The number of benzene rings is 1. The number of carbonyl (C=O) groups excluding carboxylic acids is 1. The second kappa shape index (κ2) is 6.86. The van der Waals surface area contributed by atoms with E-state index in [1.807, 2.05) is 42.2 Å². The molecule has 1 saturated heterocycles. The van der Waals surface area contributed by atoms with E-state index in [-0.39, 0.29) is 11.8 Å². The van der Waals surface area contributed by atoms with Crippen LogP contribution in [0.5, 0.6) is 17.4 Å². The van der Waals surface area contributed by atoms with E-state index < -0.39 is 0 Å². The van der Waals surface area contributed by atoms with Crippen LogP contribution < -0.4 is 9.47 Å². The summed E-state index contributed by atoms with van der Waals surface area (Å²) in [6.45, 7) is 4.94. The fourth-order valence-corrected chi connectivity index (χ4v) is 2.82. The first-order chi connectivity index (χ1) is 11.5. The van der Waals surface area contributed by atoms with Crippen molar-refractivity contribution in [1.29, 1.82) is 0 Å². The number of ether oxygens (including phenoxy) is 2. The van der Waals surface area contributed by atoms with Crippen LogP contribution in [0.3, 0.4) is 0 Å². The normalized spacial score (nSPS) is 17.0. The van der Waals surface area contributed by atoms with Crippen molar-refractivity contribution in [2.45, 2.75) is 26.2 Å². The zero-order valence-electron chi connectivity index (χ0n) is 14.2. The molecule has 24 heavy (non-hydrogen) atoms. The van der Waals surface area contributed by atoms with Crippen LogP contribution in [0.1, 0.15) is 30.8 Å². The van der Waals surface area contributed by atoms with Crippen LogP contribution in [0.25, 0.3) is 0 Å². The number of nitrogens with zero attached hydrogens (tertiary/aromatic N) is 3. The van der Waals surface area contributed by atoms with E-state index in [1.54, 1.807) is 14.0 Å². The summed E-state index contributed by atoms with van der Waals surface area (Å²) in [6.07, 6.45) is 0.880. The maximum absolute atomic E-state index is 11.5. The Bertz CT molecular complexity index is 731. The van der Waals surface area contributed by atoms with Gasteiger partial charge in [-0.3, -0.25) is 4.79 Å². The van der Waals surface area contributed by atoms with Crippen LogP contribution in [0.15, 0.2) is 30.3 Å². The first-order valence-electron chi connectivity index (χ1n) is 7.98. The van der Waals surface area contributed by atoms with E-state index in [0.717, 1.165) is 30.2 Å². The van der Waals surface area contributed by atoms with Gasteiger partial charge in [-0.15, -0.1) is 0 Å². The molecule has 1 fully saturated rings. The van der Waals surface area contributed by atoms with Gasteiger partial charge in [-0.05, 0) is 37.6 Å². The number of amides is 1. The quantitative estimate of drug-likeness (QED) is 0.864. The Morgan fingerprint density at radius 3 is 2.54 bits per heavy atom. The Morgan fingerprint density at radius 2 is 1.92 bits per heavy atom. The zero-order chi connectivity index (χ0) is 17.1. The second-order valence-corrected chi connectivity index (χ2v) is 5.93. The van der Waals surface area contributed by atoms with Crippen LogP contribution in [-0.2, 0) is 4.79 Å². The Hall–Kier alpha value is -2.63. The summed E-state index contributed by atoms with van der Waals surface area (Å²) in [5.74, 6) is 2.98. The van der Waals surface area contributed by atoms with Gasteiger partial charge in [-0.2, -0.15) is 4.98 Å². The molecular weight excluding hydrogens is 306 g/mol. The van der Waals surface area contributed by atoms with E-state index in [4.69, 9.17) is 9.47 Å². The number of carbonyl (C=O) groups is 1. The fourth-order valence-electron chi connectivity index (χ4n) is 2.82. The lowest BCUT2D eigenvalue weighted by Crippen LogP contribution is -2.25. The molecule has 2 heterocycles. The standard InChI is InChI=1S/C18H21N3O3/c1-12-10-17(24-16-6-4-15(23-3)5-7-16)20-18(19-12)14-8-9-21(11-14)13(2)22/h4-7,10,14H,8-9,11H2,1-3H3/t14-/m0/s1. The Morgan fingerprint density at radius 1 is 1.21 bits per heavy atom. The summed E-state index contributed by atoms with van der Waals surface area (Å²) in [6, 6.07) is 9.16. The summed E-state index contributed by atoms with van der Waals surface area (Å²) >= 11 is 0. The highest BCUT2D eigenvalue weighted by Gasteiger charge is 2.28. The minimum atomic E-state index is 0.0971. The predicted octanol–water partition coefficient (Wildman–Crippen LogP) is 2.92. The van der Waals surface area contributed by atoms with E-state index in [0.29, 0.717) is 18.2 Å².